The second-order valence-corrected chi connectivity index (χ2v) is 6.51. The summed E-state index contributed by atoms with van der Waals surface area (Å²) in [4.78, 5) is 18.8. The van der Waals surface area contributed by atoms with Gasteiger partial charge >= 0.3 is 0 Å². The zero-order chi connectivity index (χ0) is 17.2. The summed E-state index contributed by atoms with van der Waals surface area (Å²) in [6, 6.07) is 11.8. The summed E-state index contributed by atoms with van der Waals surface area (Å²) < 4.78 is 24.3. The van der Waals surface area contributed by atoms with E-state index >= 15 is 0 Å². The Bertz CT molecular complexity index is 856. The first-order valence-corrected chi connectivity index (χ1v) is 8.83. The van der Waals surface area contributed by atoms with Crippen molar-refractivity contribution < 1.29 is 18.7 Å². The average Bonchev–Trinajstić information content (AvgIpc) is 3.28. The molecule has 0 aromatic heterocycles. The van der Waals surface area contributed by atoms with E-state index in [2.05, 4.69) is 4.99 Å². The molecule has 0 N–H and O–H groups in total. The molecule has 0 saturated carbocycles. The van der Waals surface area contributed by atoms with Crippen molar-refractivity contribution in [1.82, 2.24) is 4.90 Å². The Morgan fingerprint density at radius 1 is 1.20 bits per heavy atom. The maximum absolute atomic E-state index is 13.8. The molecule has 2 aromatic carbocycles. The van der Waals surface area contributed by atoms with Crippen LogP contribution in [0.4, 0.5) is 4.39 Å². The number of amides is 1. The number of carbonyl (C=O) groups is 1. The third-order valence-corrected chi connectivity index (χ3v) is 5.04. The van der Waals surface area contributed by atoms with Gasteiger partial charge in [0.15, 0.2) is 16.7 Å². The van der Waals surface area contributed by atoms with E-state index in [4.69, 9.17) is 9.47 Å². The largest absolute Gasteiger partial charge is 0.454 e. The number of thioether (sulfide) groups is 1. The van der Waals surface area contributed by atoms with E-state index < -0.39 is 0 Å². The van der Waals surface area contributed by atoms with Crippen LogP contribution < -0.4 is 9.47 Å². The van der Waals surface area contributed by atoms with Gasteiger partial charge in [0.2, 0.25) is 6.79 Å². The van der Waals surface area contributed by atoms with Crippen molar-refractivity contribution in [3.8, 4) is 11.5 Å². The number of benzene rings is 2. The Hall–Kier alpha value is -2.54. The number of aliphatic imine (C=N–C) groups is 1. The Kier molecular flexibility index (Phi) is 4.31. The van der Waals surface area contributed by atoms with Gasteiger partial charge < -0.3 is 9.47 Å². The SMILES string of the molecule is O=C(c1ccc2c(c1)OCO2)N1CCN=C1SCc1ccccc1F. The predicted molar refractivity (Wildman–Crippen MR) is 93.6 cm³/mol. The van der Waals surface area contributed by atoms with Gasteiger partial charge in [0.1, 0.15) is 5.82 Å². The number of amidine groups is 1. The van der Waals surface area contributed by atoms with Crippen LogP contribution in [-0.4, -0.2) is 35.9 Å². The number of nitrogens with zero attached hydrogens (tertiary/aromatic N) is 2. The van der Waals surface area contributed by atoms with Gasteiger partial charge in [0, 0.05) is 17.9 Å². The third kappa shape index (κ3) is 3.19. The van der Waals surface area contributed by atoms with Gasteiger partial charge in [-0.25, -0.2) is 4.39 Å². The van der Waals surface area contributed by atoms with Crippen molar-refractivity contribution in [2.45, 2.75) is 5.75 Å². The average molecular weight is 358 g/mol. The van der Waals surface area contributed by atoms with Crippen LogP contribution in [0.2, 0.25) is 0 Å². The fraction of sp³-hybridized carbons (Fsp3) is 0.222. The first kappa shape index (κ1) is 16.0. The molecule has 2 aromatic rings. The fourth-order valence-corrected chi connectivity index (χ4v) is 3.71. The maximum Gasteiger partial charge on any atom is 0.260 e. The van der Waals surface area contributed by atoms with Gasteiger partial charge in [-0.05, 0) is 29.8 Å². The number of hydrogen-bond acceptors (Lipinski definition) is 5. The van der Waals surface area contributed by atoms with Crippen molar-refractivity contribution in [1.29, 1.82) is 0 Å². The number of halogens is 1. The minimum Gasteiger partial charge on any atom is -0.454 e. The van der Waals surface area contributed by atoms with Gasteiger partial charge in [-0.15, -0.1) is 0 Å². The number of carbonyl (C=O) groups excluding carboxylic acids is 1. The van der Waals surface area contributed by atoms with Crippen LogP contribution in [0.15, 0.2) is 47.5 Å². The van der Waals surface area contributed by atoms with E-state index in [-0.39, 0.29) is 18.5 Å². The van der Waals surface area contributed by atoms with Crippen molar-refractivity contribution in [3.63, 3.8) is 0 Å². The fourth-order valence-electron chi connectivity index (χ4n) is 2.68. The molecule has 0 radical (unpaired) electrons. The Labute approximate surface area is 148 Å². The normalized spacial score (nSPS) is 15.4. The molecule has 0 atom stereocenters. The molecule has 25 heavy (non-hydrogen) atoms. The van der Waals surface area contributed by atoms with Crippen LogP contribution in [0.3, 0.4) is 0 Å². The molecule has 0 fully saturated rings. The molecule has 0 spiro atoms. The summed E-state index contributed by atoms with van der Waals surface area (Å²) in [6.45, 7) is 1.24. The summed E-state index contributed by atoms with van der Waals surface area (Å²) in [5.74, 6) is 1.25. The molecule has 0 aliphatic carbocycles. The Morgan fingerprint density at radius 2 is 2.04 bits per heavy atom. The Morgan fingerprint density at radius 3 is 2.92 bits per heavy atom. The van der Waals surface area contributed by atoms with Gasteiger partial charge in [-0.2, -0.15) is 0 Å². The van der Waals surface area contributed by atoms with Crippen molar-refractivity contribution in [2.24, 2.45) is 4.99 Å². The highest BCUT2D eigenvalue weighted by Crippen LogP contribution is 2.33. The van der Waals surface area contributed by atoms with E-state index in [0.29, 0.717) is 46.6 Å². The molecule has 1 amide bonds. The molecule has 128 valence electrons. The lowest BCUT2D eigenvalue weighted by molar-refractivity contribution is 0.0860. The van der Waals surface area contributed by atoms with Crippen LogP contribution in [0.5, 0.6) is 11.5 Å². The summed E-state index contributed by atoms with van der Waals surface area (Å²) >= 11 is 1.37. The summed E-state index contributed by atoms with van der Waals surface area (Å²) in [5.41, 5.74) is 1.11. The first-order chi connectivity index (χ1) is 12.2. The van der Waals surface area contributed by atoms with Crippen LogP contribution >= 0.6 is 11.8 Å². The highest BCUT2D eigenvalue weighted by Gasteiger charge is 2.27. The minimum absolute atomic E-state index is 0.143. The molecule has 0 unspecified atom stereocenters. The van der Waals surface area contributed by atoms with E-state index in [9.17, 15) is 9.18 Å². The molecule has 5 nitrogen and oxygen atoms in total. The van der Waals surface area contributed by atoms with E-state index in [1.165, 1.54) is 17.8 Å². The number of rotatable bonds is 3. The quantitative estimate of drug-likeness (QED) is 0.845. The zero-order valence-corrected chi connectivity index (χ0v) is 14.1. The molecular weight excluding hydrogens is 343 g/mol. The molecule has 2 aliphatic heterocycles. The lowest BCUT2D eigenvalue weighted by atomic mass is 10.2. The molecule has 2 heterocycles. The highest BCUT2D eigenvalue weighted by molar-refractivity contribution is 8.13. The smallest absolute Gasteiger partial charge is 0.260 e. The Balaban J connectivity index is 1.47. The molecule has 0 saturated heterocycles. The number of hydrogen-bond donors (Lipinski definition) is 0. The van der Waals surface area contributed by atoms with E-state index in [1.54, 1.807) is 41.3 Å². The first-order valence-electron chi connectivity index (χ1n) is 7.84. The summed E-state index contributed by atoms with van der Waals surface area (Å²) in [7, 11) is 0. The topological polar surface area (TPSA) is 51.1 Å². The van der Waals surface area contributed by atoms with Crippen LogP contribution in [0.1, 0.15) is 15.9 Å². The van der Waals surface area contributed by atoms with Crippen LogP contribution in [0.25, 0.3) is 0 Å². The molecule has 2 aliphatic rings. The van der Waals surface area contributed by atoms with E-state index in [0.717, 1.165) is 0 Å². The van der Waals surface area contributed by atoms with Gasteiger partial charge in [0.05, 0.1) is 6.54 Å². The summed E-state index contributed by atoms with van der Waals surface area (Å²) in [5, 5.41) is 0.617. The lowest BCUT2D eigenvalue weighted by Crippen LogP contribution is -2.32. The predicted octanol–water partition coefficient (Wildman–Crippen LogP) is 3.30. The molecular formula is C18H15FN2O3S. The van der Waals surface area contributed by atoms with E-state index in [1.807, 2.05) is 0 Å². The standard InChI is InChI=1S/C18H15FN2O3S/c19-14-4-2-1-3-13(14)10-25-18-20-7-8-21(18)17(22)12-5-6-15-16(9-12)24-11-23-15/h1-6,9H,7-8,10-11H2. The number of ether oxygens (including phenoxy) is 2. The molecule has 0 bridgehead atoms. The lowest BCUT2D eigenvalue weighted by Gasteiger charge is -2.18. The molecule has 7 heteroatoms. The zero-order valence-electron chi connectivity index (χ0n) is 13.3. The van der Waals surface area contributed by atoms with Gasteiger partial charge in [-0.3, -0.25) is 14.7 Å². The van der Waals surface area contributed by atoms with Gasteiger partial charge in [0.25, 0.3) is 5.91 Å². The van der Waals surface area contributed by atoms with Crippen molar-refractivity contribution >= 4 is 22.8 Å². The maximum atomic E-state index is 13.8. The summed E-state index contributed by atoms with van der Waals surface area (Å²) in [6.07, 6.45) is 0. The third-order valence-electron chi connectivity index (χ3n) is 3.98. The monoisotopic (exact) mass is 358 g/mol. The van der Waals surface area contributed by atoms with Crippen molar-refractivity contribution in [2.75, 3.05) is 19.9 Å². The minimum atomic E-state index is -0.248. The molecule has 4 rings (SSSR count). The second-order valence-electron chi connectivity index (χ2n) is 5.57. The van der Waals surface area contributed by atoms with Crippen LogP contribution in [0, 0.1) is 5.82 Å². The van der Waals surface area contributed by atoms with Crippen LogP contribution in [-0.2, 0) is 5.75 Å². The van der Waals surface area contributed by atoms with Crippen molar-refractivity contribution in [3.05, 3.63) is 59.4 Å². The second kappa shape index (κ2) is 6.76. The van der Waals surface area contributed by atoms with Gasteiger partial charge in [-0.1, -0.05) is 30.0 Å². The highest BCUT2D eigenvalue weighted by atomic mass is 32.2. The number of fused-ring (bicyclic) bond motifs is 1.